The molecule has 3 atom stereocenters. The molecule has 0 aliphatic rings. The lowest BCUT2D eigenvalue weighted by Crippen LogP contribution is -2.43. The Morgan fingerprint density at radius 3 is 1.08 bits per heavy atom. The molecule has 0 saturated heterocycles. The van der Waals surface area contributed by atoms with Crippen LogP contribution in [-0.2, 0) is 28.8 Å². The number of carboxylic acids is 2. The lowest BCUT2D eigenvalue weighted by Gasteiger charge is -2.19. The normalized spacial score (nSPS) is 12.9. The van der Waals surface area contributed by atoms with Crippen molar-refractivity contribution >= 4 is 35.8 Å². The van der Waals surface area contributed by atoms with E-state index in [9.17, 15) is 39.0 Å². The zero-order valence-electron chi connectivity index (χ0n) is 33.1. The summed E-state index contributed by atoms with van der Waals surface area (Å²) in [6.07, 6.45) is 30.3. The zero-order valence-corrected chi connectivity index (χ0v) is 33.1. The van der Waals surface area contributed by atoms with Gasteiger partial charge in [-0.1, -0.05) is 168 Å². The van der Waals surface area contributed by atoms with Gasteiger partial charge in [-0.3, -0.25) is 14.4 Å². The molecule has 2 amide bonds. The van der Waals surface area contributed by atoms with Gasteiger partial charge >= 0.3 is 11.9 Å². The summed E-state index contributed by atoms with van der Waals surface area (Å²) < 4.78 is 0. The Bertz CT molecular complexity index is 956. The van der Waals surface area contributed by atoms with Crippen LogP contribution in [0.25, 0.3) is 0 Å². The van der Waals surface area contributed by atoms with E-state index in [1.807, 2.05) is 0 Å². The Balaban J connectivity index is 4.29. The van der Waals surface area contributed by atoms with Gasteiger partial charge in [0.05, 0.1) is 5.92 Å². The minimum absolute atomic E-state index is 0.167. The molecule has 0 aromatic carbocycles. The molecule has 4 N–H and O–H groups in total. The second-order valence-corrected chi connectivity index (χ2v) is 14.9. The summed E-state index contributed by atoms with van der Waals surface area (Å²) in [6.45, 7) is 4.45. The summed E-state index contributed by atoms with van der Waals surface area (Å²) in [5.41, 5.74) is 0. The van der Waals surface area contributed by atoms with Crippen molar-refractivity contribution in [2.75, 3.05) is 0 Å². The van der Waals surface area contributed by atoms with Crippen LogP contribution in [-0.4, -0.2) is 58.1 Å². The highest BCUT2D eigenvalue weighted by atomic mass is 16.4. The molecule has 0 aromatic heterocycles. The van der Waals surface area contributed by atoms with Crippen molar-refractivity contribution in [1.29, 1.82) is 0 Å². The fraction of sp³-hybridized carbons (Fsp3) is 0.857. The van der Waals surface area contributed by atoms with Crippen LogP contribution in [0.3, 0.4) is 0 Å². The quantitative estimate of drug-likeness (QED) is 0.0275. The average molecular weight is 737 g/mol. The number of carboxylic acid groups (broad SMARTS) is 2. The van der Waals surface area contributed by atoms with Crippen molar-refractivity contribution in [3.63, 3.8) is 0 Å². The van der Waals surface area contributed by atoms with Crippen LogP contribution in [0.1, 0.15) is 213 Å². The third-order valence-electron chi connectivity index (χ3n) is 10.0. The second-order valence-electron chi connectivity index (χ2n) is 14.9. The molecular weight excluding hydrogens is 660 g/mol. The fourth-order valence-corrected chi connectivity index (χ4v) is 6.61. The van der Waals surface area contributed by atoms with E-state index >= 15 is 0 Å². The number of rotatable bonds is 39. The molecule has 0 radical (unpaired) electrons. The van der Waals surface area contributed by atoms with Gasteiger partial charge in [-0.25, -0.2) is 9.59 Å². The van der Waals surface area contributed by atoms with Crippen molar-refractivity contribution in [3.8, 4) is 0 Å². The largest absolute Gasteiger partial charge is 0.480 e. The van der Waals surface area contributed by atoms with Crippen molar-refractivity contribution in [1.82, 2.24) is 10.6 Å². The number of hydrogen-bond acceptors (Lipinski definition) is 6. The molecule has 10 heteroatoms. The van der Waals surface area contributed by atoms with E-state index in [1.54, 1.807) is 0 Å². The molecule has 0 aliphatic heterocycles. The molecule has 0 aromatic rings. The summed E-state index contributed by atoms with van der Waals surface area (Å²) in [5.74, 6) is -5.39. The Labute approximate surface area is 315 Å². The first kappa shape index (κ1) is 49.2. The fourth-order valence-electron chi connectivity index (χ4n) is 6.61. The van der Waals surface area contributed by atoms with Crippen LogP contribution < -0.4 is 10.6 Å². The van der Waals surface area contributed by atoms with Gasteiger partial charge in [0.1, 0.15) is 24.2 Å². The number of unbranched alkanes of at least 4 members (excludes halogenated alkanes) is 24. The number of carbonyl (C=O) groups excluding carboxylic acids is 4. The summed E-state index contributed by atoms with van der Waals surface area (Å²) in [7, 11) is 0. The van der Waals surface area contributed by atoms with Crippen LogP contribution in [0.15, 0.2) is 0 Å². The topological polar surface area (TPSA) is 167 Å². The predicted octanol–water partition coefficient (Wildman–Crippen LogP) is 9.64. The van der Waals surface area contributed by atoms with Crippen molar-refractivity contribution in [2.24, 2.45) is 5.92 Å². The van der Waals surface area contributed by atoms with E-state index in [2.05, 4.69) is 24.5 Å². The molecular formula is C42H76N2O8. The van der Waals surface area contributed by atoms with Gasteiger partial charge < -0.3 is 25.6 Å². The van der Waals surface area contributed by atoms with Crippen molar-refractivity contribution < 1.29 is 39.0 Å². The molecule has 10 nitrogen and oxygen atoms in total. The standard InChI is InChI=1S/C42H76N2O8/c1-3-5-7-9-11-13-15-17-19-21-23-25-27-29-39(47)43-36(41(49)50)31-32-38(46)35(34-45)33-37(42(51)52)44-40(48)30-28-26-24-22-20-18-16-14-12-10-8-6-4-2/h34-37H,3-33H2,1-2H3,(H,43,47)(H,44,48)(H,49,50)(H,51,52)/t35?,36-,37-/m0/s1. The summed E-state index contributed by atoms with van der Waals surface area (Å²) in [4.78, 5) is 73.0. The Kier molecular flexibility index (Phi) is 33.4. The van der Waals surface area contributed by atoms with Crippen LogP contribution in [0.2, 0.25) is 0 Å². The monoisotopic (exact) mass is 737 g/mol. The van der Waals surface area contributed by atoms with E-state index in [4.69, 9.17) is 0 Å². The third-order valence-corrected chi connectivity index (χ3v) is 10.0. The van der Waals surface area contributed by atoms with Crippen LogP contribution in [0.5, 0.6) is 0 Å². The number of hydrogen-bond donors (Lipinski definition) is 4. The number of ketones is 1. The predicted molar refractivity (Wildman–Crippen MR) is 208 cm³/mol. The summed E-state index contributed by atoms with van der Waals surface area (Å²) in [5, 5.41) is 24.2. The number of aliphatic carboxylic acids is 2. The van der Waals surface area contributed by atoms with Crippen molar-refractivity contribution in [3.05, 3.63) is 0 Å². The Morgan fingerprint density at radius 2 is 0.769 bits per heavy atom. The highest BCUT2D eigenvalue weighted by molar-refractivity contribution is 5.95. The van der Waals surface area contributed by atoms with Gasteiger partial charge in [-0.2, -0.15) is 0 Å². The van der Waals surface area contributed by atoms with Crippen LogP contribution in [0.4, 0.5) is 0 Å². The van der Waals surface area contributed by atoms with Gasteiger partial charge in [-0.15, -0.1) is 0 Å². The second kappa shape index (κ2) is 35.3. The van der Waals surface area contributed by atoms with Gasteiger partial charge in [0.25, 0.3) is 0 Å². The van der Waals surface area contributed by atoms with E-state index in [0.29, 0.717) is 19.1 Å². The van der Waals surface area contributed by atoms with E-state index in [-0.39, 0.29) is 25.7 Å². The molecule has 1 unspecified atom stereocenters. The first-order chi connectivity index (χ1) is 25.2. The Morgan fingerprint density at radius 1 is 0.462 bits per heavy atom. The number of Topliss-reactive ketones (excluding diaryl/α,β-unsaturated/α-hetero) is 1. The molecule has 0 aliphatic carbocycles. The molecule has 0 bridgehead atoms. The Hall–Kier alpha value is -2.78. The maximum Gasteiger partial charge on any atom is 0.326 e. The zero-order chi connectivity index (χ0) is 38.7. The van der Waals surface area contributed by atoms with E-state index < -0.39 is 54.0 Å². The van der Waals surface area contributed by atoms with Crippen LogP contribution >= 0.6 is 0 Å². The van der Waals surface area contributed by atoms with Gasteiger partial charge in [0, 0.05) is 19.3 Å². The SMILES string of the molecule is CCCCCCCCCCCCCCCC(=O)N[C@@H](CCC(=O)C(C=O)C[C@H](NC(=O)CCCCCCCCCCCCCCC)C(=O)O)C(=O)O. The third kappa shape index (κ3) is 29.8. The molecule has 0 heterocycles. The molecule has 0 spiro atoms. The first-order valence-corrected chi connectivity index (χ1v) is 21.2. The molecule has 0 saturated carbocycles. The summed E-state index contributed by atoms with van der Waals surface area (Å²) in [6, 6.07) is -2.70. The van der Waals surface area contributed by atoms with Gasteiger partial charge in [0.2, 0.25) is 11.8 Å². The van der Waals surface area contributed by atoms with E-state index in [0.717, 1.165) is 38.5 Å². The molecule has 302 valence electrons. The van der Waals surface area contributed by atoms with Crippen molar-refractivity contribution in [2.45, 2.75) is 225 Å². The first-order valence-electron chi connectivity index (χ1n) is 21.2. The number of aldehydes is 1. The molecule has 0 fully saturated rings. The van der Waals surface area contributed by atoms with Gasteiger partial charge in [0.15, 0.2) is 0 Å². The molecule has 0 rings (SSSR count). The minimum Gasteiger partial charge on any atom is -0.480 e. The highest BCUT2D eigenvalue weighted by Gasteiger charge is 2.29. The maximum absolute atomic E-state index is 12.8. The van der Waals surface area contributed by atoms with E-state index in [1.165, 1.54) is 116 Å². The number of carbonyl (C=O) groups is 6. The lowest BCUT2D eigenvalue weighted by atomic mass is 9.93. The number of nitrogens with one attached hydrogen (secondary N) is 2. The highest BCUT2D eigenvalue weighted by Crippen LogP contribution is 2.16. The van der Waals surface area contributed by atoms with Crippen LogP contribution in [0, 0.1) is 5.92 Å². The maximum atomic E-state index is 12.8. The van der Waals surface area contributed by atoms with Gasteiger partial charge in [-0.05, 0) is 25.7 Å². The smallest absolute Gasteiger partial charge is 0.326 e. The summed E-state index contributed by atoms with van der Waals surface area (Å²) >= 11 is 0. The average Bonchev–Trinajstić information content (AvgIpc) is 3.11. The lowest BCUT2D eigenvalue weighted by molar-refractivity contribution is -0.143. The molecule has 52 heavy (non-hydrogen) atoms. The number of amides is 2. The minimum atomic E-state index is -1.41.